The van der Waals surface area contributed by atoms with Crippen LogP contribution in [0, 0.1) is 0 Å². The Hall–Kier alpha value is -0.530. The summed E-state index contributed by atoms with van der Waals surface area (Å²) in [6.07, 6.45) is 6.87. The predicted molar refractivity (Wildman–Crippen MR) is 67.7 cm³/mol. The summed E-state index contributed by atoms with van der Waals surface area (Å²) in [5.74, 6) is 0.467. The topological polar surface area (TPSA) is 17.1 Å². The molecule has 86 valence electrons. The van der Waals surface area contributed by atoms with Gasteiger partial charge in [0.25, 0.3) is 0 Å². The quantitative estimate of drug-likeness (QED) is 0.692. The minimum atomic E-state index is 0.467. The summed E-state index contributed by atoms with van der Waals surface area (Å²) in [7, 11) is 0. The summed E-state index contributed by atoms with van der Waals surface area (Å²) < 4.78 is 0. The molecule has 16 heavy (non-hydrogen) atoms. The number of halogens is 2. The van der Waals surface area contributed by atoms with E-state index in [9.17, 15) is 4.79 Å². The lowest BCUT2D eigenvalue weighted by Crippen LogP contribution is -2.06. The fraction of sp³-hybridized carbons (Fsp3) is 0.462. The fourth-order valence-electron chi connectivity index (χ4n) is 2.45. The number of rotatable bonds is 2. The van der Waals surface area contributed by atoms with Gasteiger partial charge in [0, 0.05) is 15.6 Å². The molecule has 0 aromatic heterocycles. The second kappa shape index (κ2) is 5.20. The van der Waals surface area contributed by atoms with Crippen molar-refractivity contribution >= 4 is 29.5 Å². The van der Waals surface area contributed by atoms with E-state index in [0.29, 0.717) is 21.5 Å². The summed E-state index contributed by atoms with van der Waals surface area (Å²) in [6, 6.07) is 3.43. The highest BCUT2D eigenvalue weighted by atomic mass is 35.5. The molecule has 1 aromatic carbocycles. The van der Waals surface area contributed by atoms with Crippen LogP contribution < -0.4 is 0 Å². The van der Waals surface area contributed by atoms with Gasteiger partial charge in [-0.1, -0.05) is 42.5 Å². The van der Waals surface area contributed by atoms with E-state index in [1.54, 1.807) is 12.1 Å². The zero-order valence-electron chi connectivity index (χ0n) is 9.01. The first-order valence-corrected chi connectivity index (χ1v) is 6.42. The molecular formula is C13H14Cl2O. The minimum absolute atomic E-state index is 0.467. The van der Waals surface area contributed by atoms with E-state index in [-0.39, 0.29) is 0 Å². The predicted octanol–water partition coefficient (Wildman–Crippen LogP) is 4.85. The van der Waals surface area contributed by atoms with Crippen LogP contribution in [0.25, 0.3) is 0 Å². The van der Waals surface area contributed by atoms with Crippen LogP contribution in [0.1, 0.15) is 53.9 Å². The number of carbonyl (C=O) groups is 1. The second-order valence-electron chi connectivity index (χ2n) is 4.35. The lowest BCUT2D eigenvalue weighted by atomic mass is 9.84. The number of hydrogen-bond donors (Lipinski definition) is 0. The van der Waals surface area contributed by atoms with Crippen LogP contribution in [0.15, 0.2) is 12.1 Å². The maximum Gasteiger partial charge on any atom is 0.150 e. The van der Waals surface area contributed by atoms with Gasteiger partial charge in [0.15, 0.2) is 0 Å². The van der Waals surface area contributed by atoms with Gasteiger partial charge >= 0.3 is 0 Å². The molecule has 0 spiro atoms. The van der Waals surface area contributed by atoms with E-state index in [4.69, 9.17) is 23.2 Å². The molecule has 0 amide bonds. The number of aldehydes is 1. The van der Waals surface area contributed by atoms with E-state index in [1.807, 2.05) is 0 Å². The molecule has 0 heterocycles. The molecule has 0 aliphatic heterocycles. The molecule has 0 N–H and O–H groups in total. The first kappa shape index (κ1) is 11.9. The SMILES string of the molecule is O=Cc1cc(Cl)c(C2CCCCC2)c(Cl)c1. The summed E-state index contributed by atoms with van der Waals surface area (Å²) in [5.41, 5.74) is 1.59. The van der Waals surface area contributed by atoms with Gasteiger partial charge in [-0.25, -0.2) is 0 Å². The van der Waals surface area contributed by atoms with Crippen molar-refractivity contribution in [3.05, 3.63) is 33.3 Å². The Kier molecular flexibility index (Phi) is 3.88. The van der Waals surface area contributed by atoms with Gasteiger partial charge in [-0.05, 0) is 36.5 Å². The standard InChI is InChI=1S/C13H14Cl2O/c14-11-6-9(8-16)7-12(15)13(11)10-4-2-1-3-5-10/h6-8,10H,1-5H2. The number of carbonyl (C=O) groups excluding carboxylic acids is 1. The third-order valence-electron chi connectivity index (χ3n) is 3.25. The van der Waals surface area contributed by atoms with Gasteiger partial charge in [0.1, 0.15) is 6.29 Å². The molecular weight excluding hydrogens is 243 g/mol. The van der Waals surface area contributed by atoms with Gasteiger partial charge < -0.3 is 0 Å². The number of hydrogen-bond acceptors (Lipinski definition) is 1. The third-order valence-corrected chi connectivity index (χ3v) is 3.88. The Balaban J connectivity index is 2.35. The summed E-state index contributed by atoms with van der Waals surface area (Å²) in [5, 5.41) is 1.28. The average Bonchev–Trinajstić information content (AvgIpc) is 2.29. The first-order valence-electron chi connectivity index (χ1n) is 5.66. The first-order chi connectivity index (χ1) is 7.72. The maximum absolute atomic E-state index is 10.7. The van der Waals surface area contributed by atoms with Crippen molar-refractivity contribution in [2.45, 2.75) is 38.0 Å². The van der Waals surface area contributed by atoms with Crippen LogP contribution in [0.5, 0.6) is 0 Å². The Morgan fingerprint density at radius 3 is 2.12 bits per heavy atom. The monoisotopic (exact) mass is 256 g/mol. The Morgan fingerprint density at radius 1 is 1.06 bits per heavy atom. The molecule has 3 heteroatoms. The van der Waals surface area contributed by atoms with Crippen molar-refractivity contribution in [2.75, 3.05) is 0 Å². The molecule has 1 nitrogen and oxygen atoms in total. The van der Waals surface area contributed by atoms with E-state index in [2.05, 4.69) is 0 Å². The smallest absolute Gasteiger partial charge is 0.150 e. The van der Waals surface area contributed by atoms with Crippen molar-refractivity contribution in [1.29, 1.82) is 0 Å². The van der Waals surface area contributed by atoms with Gasteiger partial charge in [-0.15, -0.1) is 0 Å². The van der Waals surface area contributed by atoms with Crippen molar-refractivity contribution in [3.63, 3.8) is 0 Å². The molecule has 0 saturated heterocycles. The second-order valence-corrected chi connectivity index (χ2v) is 5.17. The molecule has 1 saturated carbocycles. The van der Waals surface area contributed by atoms with Gasteiger partial charge in [0.05, 0.1) is 0 Å². The molecule has 0 radical (unpaired) electrons. The molecule has 1 aliphatic rings. The van der Waals surface area contributed by atoms with Crippen LogP contribution in [-0.4, -0.2) is 6.29 Å². The lowest BCUT2D eigenvalue weighted by molar-refractivity contribution is 0.112. The van der Waals surface area contributed by atoms with Crippen molar-refractivity contribution in [2.24, 2.45) is 0 Å². The summed E-state index contributed by atoms with van der Waals surface area (Å²) in [4.78, 5) is 10.7. The molecule has 1 fully saturated rings. The van der Waals surface area contributed by atoms with E-state index < -0.39 is 0 Å². The van der Waals surface area contributed by atoms with E-state index in [1.165, 1.54) is 19.3 Å². The number of benzene rings is 1. The van der Waals surface area contributed by atoms with Crippen molar-refractivity contribution in [1.82, 2.24) is 0 Å². The average molecular weight is 257 g/mol. The maximum atomic E-state index is 10.7. The van der Waals surface area contributed by atoms with Crippen LogP contribution >= 0.6 is 23.2 Å². The Morgan fingerprint density at radius 2 is 1.62 bits per heavy atom. The normalized spacial score (nSPS) is 17.4. The van der Waals surface area contributed by atoms with Gasteiger partial charge in [-0.2, -0.15) is 0 Å². The molecule has 2 rings (SSSR count). The molecule has 1 aliphatic carbocycles. The zero-order valence-corrected chi connectivity index (χ0v) is 10.5. The van der Waals surface area contributed by atoms with Gasteiger partial charge in [-0.3, -0.25) is 4.79 Å². The van der Waals surface area contributed by atoms with Crippen LogP contribution in [0.4, 0.5) is 0 Å². The van der Waals surface area contributed by atoms with Crippen LogP contribution in [0.3, 0.4) is 0 Å². The minimum Gasteiger partial charge on any atom is -0.298 e. The molecule has 0 atom stereocenters. The molecule has 1 aromatic rings. The molecule has 0 unspecified atom stereocenters. The molecule has 0 bridgehead atoms. The van der Waals surface area contributed by atoms with E-state index >= 15 is 0 Å². The highest BCUT2D eigenvalue weighted by Gasteiger charge is 2.21. The highest BCUT2D eigenvalue weighted by Crippen LogP contribution is 2.40. The lowest BCUT2D eigenvalue weighted by Gasteiger charge is -2.24. The summed E-state index contributed by atoms with van der Waals surface area (Å²) >= 11 is 12.4. The van der Waals surface area contributed by atoms with Crippen molar-refractivity contribution < 1.29 is 4.79 Å². The van der Waals surface area contributed by atoms with Crippen LogP contribution in [-0.2, 0) is 0 Å². The Bertz CT molecular complexity index is 372. The summed E-state index contributed by atoms with van der Waals surface area (Å²) in [6.45, 7) is 0. The fourth-order valence-corrected chi connectivity index (χ4v) is 3.27. The largest absolute Gasteiger partial charge is 0.298 e. The third kappa shape index (κ3) is 2.41. The van der Waals surface area contributed by atoms with E-state index in [0.717, 1.165) is 24.7 Å². The Labute approximate surface area is 106 Å². The zero-order chi connectivity index (χ0) is 11.5. The highest BCUT2D eigenvalue weighted by molar-refractivity contribution is 6.36. The van der Waals surface area contributed by atoms with Gasteiger partial charge in [0.2, 0.25) is 0 Å². The van der Waals surface area contributed by atoms with Crippen LogP contribution in [0.2, 0.25) is 10.0 Å². The van der Waals surface area contributed by atoms with Crippen molar-refractivity contribution in [3.8, 4) is 0 Å².